The molecule has 1 aromatic heterocycles. The molecular formula is C21H21ClN4O. The maximum atomic E-state index is 12.4. The van der Waals surface area contributed by atoms with Crippen molar-refractivity contribution >= 4 is 34.8 Å². The molecule has 0 saturated carbocycles. The normalized spacial score (nSPS) is 10.5. The van der Waals surface area contributed by atoms with E-state index >= 15 is 0 Å². The number of hydrogen-bond donors (Lipinski definition) is 2. The van der Waals surface area contributed by atoms with Gasteiger partial charge in [-0.25, -0.2) is 9.97 Å². The largest absolute Gasteiger partial charge is 0.323 e. The SMILES string of the molecule is CCc1ccc(NC(=O)c2cnc(Nc3c(C)cc(C)cc3Cl)nc2)cc1. The number of halogens is 1. The molecule has 0 bridgehead atoms. The van der Waals surface area contributed by atoms with Gasteiger partial charge < -0.3 is 10.6 Å². The fraction of sp³-hybridized carbons (Fsp3) is 0.190. The second-order valence-corrected chi connectivity index (χ2v) is 6.77. The van der Waals surface area contributed by atoms with Crippen molar-refractivity contribution in [3.63, 3.8) is 0 Å². The van der Waals surface area contributed by atoms with Gasteiger partial charge in [0.1, 0.15) is 0 Å². The van der Waals surface area contributed by atoms with E-state index in [9.17, 15) is 4.79 Å². The van der Waals surface area contributed by atoms with Gasteiger partial charge in [0.05, 0.1) is 16.3 Å². The van der Waals surface area contributed by atoms with Crippen LogP contribution in [0.2, 0.25) is 5.02 Å². The third-order valence-electron chi connectivity index (χ3n) is 4.20. The van der Waals surface area contributed by atoms with Gasteiger partial charge in [-0.05, 0) is 55.2 Å². The number of amides is 1. The predicted molar refractivity (Wildman–Crippen MR) is 110 cm³/mol. The van der Waals surface area contributed by atoms with E-state index < -0.39 is 0 Å². The first-order chi connectivity index (χ1) is 13.0. The summed E-state index contributed by atoms with van der Waals surface area (Å²) in [5.74, 6) is 0.128. The standard InChI is InChI=1S/C21H21ClN4O/c1-4-15-5-7-17(8-6-15)25-20(27)16-11-23-21(24-12-16)26-19-14(3)9-13(2)10-18(19)22/h5-12H,4H2,1-3H3,(H,25,27)(H,23,24,26). The Bertz CT molecular complexity index is 930. The van der Waals surface area contributed by atoms with Crippen molar-refractivity contribution in [2.75, 3.05) is 10.6 Å². The van der Waals surface area contributed by atoms with Crippen molar-refractivity contribution in [1.82, 2.24) is 9.97 Å². The van der Waals surface area contributed by atoms with E-state index in [-0.39, 0.29) is 5.91 Å². The molecule has 3 aromatic rings. The van der Waals surface area contributed by atoms with E-state index in [1.807, 2.05) is 50.2 Å². The highest BCUT2D eigenvalue weighted by Crippen LogP contribution is 2.29. The van der Waals surface area contributed by atoms with Crippen molar-refractivity contribution in [2.45, 2.75) is 27.2 Å². The maximum absolute atomic E-state index is 12.4. The number of nitrogens with one attached hydrogen (secondary N) is 2. The van der Waals surface area contributed by atoms with Crippen LogP contribution in [0.3, 0.4) is 0 Å². The lowest BCUT2D eigenvalue weighted by Gasteiger charge is -2.11. The van der Waals surface area contributed by atoms with Crippen molar-refractivity contribution in [1.29, 1.82) is 0 Å². The Morgan fingerprint density at radius 2 is 1.74 bits per heavy atom. The van der Waals surface area contributed by atoms with Crippen molar-refractivity contribution in [3.8, 4) is 0 Å². The van der Waals surface area contributed by atoms with Gasteiger partial charge >= 0.3 is 0 Å². The van der Waals surface area contributed by atoms with Gasteiger partial charge in [-0.1, -0.05) is 36.7 Å². The molecule has 0 fully saturated rings. The second kappa shape index (κ2) is 8.18. The molecule has 0 aliphatic carbocycles. The van der Waals surface area contributed by atoms with E-state index in [2.05, 4.69) is 27.5 Å². The first-order valence-corrected chi connectivity index (χ1v) is 9.10. The molecule has 0 radical (unpaired) electrons. The van der Waals surface area contributed by atoms with Crippen LogP contribution in [0, 0.1) is 13.8 Å². The number of carbonyl (C=O) groups excluding carboxylic acids is 1. The molecular weight excluding hydrogens is 360 g/mol. The Morgan fingerprint density at radius 3 is 2.33 bits per heavy atom. The van der Waals surface area contributed by atoms with Gasteiger partial charge in [0, 0.05) is 18.1 Å². The summed E-state index contributed by atoms with van der Waals surface area (Å²) in [4.78, 5) is 20.8. The minimum absolute atomic E-state index is 0.254. The monoisotopic (exact) mass is 380 g/mol. The molecule has 27 heavy (non-hydrogen) atoms. The molecule has 0 spiro atoms. The molecule has 6 heteroatoms. The minimum atomic E-state index is -0.254. The predicted octanol–water partition coefficient (Wildman–Crippen LogP) is 5.31. The molecule has 2 N–H and O–H groups in total. The quantitative estimate of drug-likeness (QED) is 0.629. The zero-order valence-corrected chi connectivity index (χ0v) is 16.3. The summed E-state index contributed by atoms with van der Waals surface area (Å²) < 4.78 is 0. The van der Waals surface area contributed by atoms with Crippen LogP contribution in [-0.4, -0.2) is 15.9 Å². The third kappa shape index (κ3) is 4.63. The van der Waals surface area contributed by atoms with Crippen LogP contribution in [0.15, 0.2) is 48.8 Å². The van der Waals surface area contributed by atoms with Crippen LogP contribution in [-0.2, 0) is 6.42 Å². The Balaban J connectivity index is 1.70. The summed E-state index contributed by atoms with van der Waals surface area (Å²) in [6, 6.07) is 11.7. The van der Waals surface area contributed by atoms with Crippen LogP contribution in [0.25, 0.3) is 0 Å². The highest BCUT2D eigenvalue weighted by atomic mass is 35.5. The van der Waals surface area contributed by atoms with Gasteiger partial charge in [-0.3, -0.25) is 4.79 Å². The molecule has 0 atom stereocenters. The van der Waals surface area contributed by atoms with E-state index in [0.29, 0.717) is 16.5 Å². The number of nitrogens with zero attached hydrogens (tertiary/aromatic N) is 2. The lowest BCUT2D eigenvalue weighted by molar-refractivity contribution is 0.102. The number of rotatable bonds is 5. The van der Waals surface area contributed by atoms with Crippen molar-refractivity contribution < 1.29 is 4.79 Å². The van der Waals surface area contributed by atoms with Crippen LogP contribution >= 0.6 is 11.6 Å². The fourth-order valence-electron chi connectivity index (χ4n) is 2.72. The van der Waals surface area contributed by atoms with Gasteiger partial charge in [0.2, 0.25) is 5.95 Å². The number of hydrogen-bond acceptors (Lipinski definition) is 4. The first kappa shape index (κ1) is 18.9. The fourth-order valence-corrected chi connectivity index (χ4v) is 3.09. The van der Waals surface area contributed by atoms with Gasteiger partial charge in [0.25, 0.3) is 5.91 Å². The lowest BCUT2D eigenvalue weighted by atomic mass is 10.1. The van der Waals surface area contributed by atoms with E-state index in [1.165, 1.54) is 18.0 Å². The molecule has 0 aliphatic rings. The van der Waals surface area contributed by atoms with Crippen LogP contribution in [0.5, 0.6) is 0 Å². The Kier molecular flexibility index (Phi) is 5.72. The molecule has 0 unspecified atom stereocenters. The van der Waals surface area contributed by atoms with Gasteiger partial charge in [0.15, 0.2) is 0 Å². The van der Waals surface area contributed by atoms with Crippen LogP contribution < -0.4 is 10.6 Å². The Hall–Kier alpha value is -2.92. The molecule has 2 aromatic carbocycles. The van der Waals surface area contributed by atoms with E-state index in [0.717, 1.165) is 28.9 Å². The zero-order chi connectivity index (χ0) is 19.4. The van der Waals surface area contributed by atoms with E-state index in [1.54, 1.807) is 0 Å². The number of benzene rings is 2. The lowest BCUT2D eigenvalue weighted by Crippen LogP contribution is -2.13. The smallest absolute Gasteiger partial charge is 0.258 e. The summed E-state index contributed by atoms with van der Waals surface area (Å²) in [5.41, 5.74) is 5.18. The molecule has 138 valence electrons. The number of anilines is 3. The van der Waals surface area contributed by atoms with Crippen molar-refractivity contribution in [3.05, 3.63) is 76.1 Å². The Labute approximate surface area is 163 Å². The summed E-state index contributed by atoms with van der Waals surface area (Å²) in [6.07, 6.45) is 3.94. The molecule has 3 rings (SSSR count). The highest BCUT2D eigenvalue weighted by Gasteiger charge is 2.10. The van der Waals surface area contributed by atoms with Crippen LogP contribution in [0.4, 0.5) is 17.3 Å². The Morgan fingerprint density at radius 1 is 1.07 bits per heavy atom. The highest BCUT2D eigenvalue weighted by molar-refractivity contribution is 6.33. The van der Waals surface area contributed by atoms with E-state index in [4.69, 9.17) is 11.6 Å². The average molecular weight is 381 g/mol. The molecule has 0 saturated heterocycles. The third-order valence-corrected chi connectivity index (χ3v) is 4.50. The zero-order valence-electron chi connectivity index (χ0n) is 15.5. The van der Waals surface area contributed by atoms with Gasteiger partial charge in [-0.15, -0.1) is 0 Å². The number of aromatic nitrogens is 2. The maximum Gasteiger partial charge on any atom is 0.258 e. The average Bonchev–Trinajstić information content (AvgIpc) is 2.65. The summed E-state index contributed by atoms with van der Waals surface area (Å²) in [7, 11) is 0. The topological polar surface area (TPSA) is 66.9 Å². The summed E-state index contributed by atoms with van der Waals surface area (Å²) >= 11 is 6.30. The second-order valence-electron chi connectivity index (χ2n) is 6.36. The van der Waals surface area contributed by atoms with Crippen molar-refractivity contribution in [2.24, 2.45) is 0 Å². The molecule has 5 nitrogen and oxygen atoms in total. The summed E-state index contributed by atoms with van der Waals surface area (Å²) in [6.45, 7) is 6.04. The molecule has 0 aliphatic heterocycles. The number of aryl methyl sites for hydroxylation is 3. The molecule has 1 heterocycles. The first-order valence-electron chi connectivity index (χ1n) is 8.72. The molecule has 1 amide bonds. The van der Waals surface area contributed by atoms with Crippen LogP contribution in [0.1, 0.15) is 34.0 Å². The minimum Gasteiger partial charge on any atom is -0.323 e. The number of carbonyl (C=O) groups is 1. The summed E-state index contributed by atoms with van der Waals surface area (Å²) in [5, 5.41) is 6.56. The van der Waals surface area contributed by atoms with Gasteiger partial charge in [-0.2, -0.15) is 0 Å².